The van der Waals surface area contributed by atoms with E-state index in [2.05, 4.69) is 9.88 Å². The number of anilines is 1. The second-order valence-corrected chi connectivity index (χ2v) is 7.40. The number of aromatic nitrogens is 1. The van der Waals surface area contributed by atoms with Crippen molar-refractivity contribution < 1.29 is 23.8 Å². The summed E-state index contributed by atoms with van der Waals surface area (Å²) < 4.78 is 18.7. The number of carbonyl (C=O) groups is 2. The Morgan fingerprint density at radius 2 is 1.80 bits per heavy atom. The normalized spacial score (nSPS) is 17.4. The highest BCUT2D eigenvalue weighted by Crippen LogP contribution is 2.21. The molecule has 2 aromatic rings. The van der Waals surface area contributed by atoms with Gasteiger partial charge in [0.05, 0.1) is 37.1 Å². The number of piperazine rings is 1. The molecule has 0 aliphatic carbocycles. The van der Waals surface area contributed by atoms with E-state index in [4.69, 9.17) is 9.84 Å². The number of ether oxygens (including phenoxy) is 1. The van der Waals surface area contributed by atoms with E-state index in [0.29, 0.717) is 30.5 Å². The molecule has 1 aromatic heterocycles. The second-order valence-electron chi connectivity index (χ2n) is 7.40. The minimum atomic E-state index is -1.06. The predicted octanol–water partition coefficient (Wildman–Crippen LogP) is 2.06. The smallest absolute Gasteiger partial charge is 0.337 e. The predicted molar refractivity (Wildman–Crippen MR) is 107 cm³/mol. The molecular weight excluding hydrogens is 391 g/mol. The molecule has 2 fully saturated rings. The van der Waals surface area contributed by atoms with Gasteiger partial charge in [0.1, 0.15) is 5.82 Å². The lowest BCUT2D eigenvalue weighted by molar-refractivity contribution is -0.0738. The molecule has 2 aliphatic rings. The number of pyridine rings is 1. The van der Waals surface area contributed by atoms with Crippen LogP contribution in [0.2, 0.25) is 0 Å². The highest BCUT2D eigenvalue weighted by atomic mass is 19.1. The van der Waals surface area contributed by atoms with E-state index in [1.54, 1.807) is 28.0 Å². The van der Waals surface area contributed by atoms with Gasteiger partial charge >= 0.3 is 12.0 Å². The quantitative estimate of drug-likeness (QED) is 0.806. The van der Waals surface area contributed by atoms with Crippen molar-refractivity contribution in [2.24, 2.45) is 0 Å². The Bertz CT molecular complexity index is 894. The Morgan fingerprint density at radius 1 is 1.10 bits per heavy atom. The van der Waals surface area contributed by atoms with Gasteiger partial charge in [-0.25, -0.2) is 14.0 Å². The second kappa shape index (κ2) is 8.76. The van der Waals surface area contributed by atoms with E-state index < -0.39 is 5.97 Å². The van der Waals surface area contributed by atoms with E-state index in [0.717, 1.165) is 26.3 Å². The molecule has 0 bridgehead atoms. The van der Waals surface area contributed by atoms with Crippen LogP contribution in [0.1, 0.15) is 16.1 Å². The number of carboxylic acid groups (broad SMARTS) is 1. The standard InChI is InChI=1S/C21H23FN4O4/c22-16-2-5-18(6-3-16)26(12-17-4-1-15(11-23-17)20(27)28)21(29)25-9-7-24(8-10-25)19-13-30-14-19/h1-6,11,19H,7-10,12-14H2,(H,27,28). The molecule has 0 saturated carbocycles. The van der Waals surface area contributed by atoms with Gasteiger partial charge < -0.3 is 14.7 Å². The van der Waals surface area contributed by atoms with Crippen molar-refractivity contribution in [1.82, 2.24) is 14.8 Å². The van der Waals surface area contributed by atoms with Crippen LogP contribution >= 0.6 is 0 Å². The zero-order valence-electron chi connectivity index (χ0n) is 16.4. The first kappa shape index (κ1) is 20.2. The van der Waals surface area contributed by atoms with Gasteiger partial charge in [-0.15, -0.1) is 0 Å². The average Bonchev–Trinajstić information content (AvgIpc) is 2.72. The fraction of sp³-hybridized carbons (Fsp3) is 0.381. The number of benzene rings is 1. The van der Waals surface area contributed by atoms with Gasteiger partial charge in [0.25, 0.3) is 0 Å². The van der Waals surface area contributed by atoms with Gasteiger partial charge in [0, 0.05) is 38.1 Å². The Kier molecular flexibility index (Phi) is 5.91. The summed E-state index contributed by atoms with van der Waals surface area (Å²) in [6.45, 7) is 4.39. The number of carboxylic acids is 1. The number of rotatable bonds is 5. The largest absolute Gasteiger partial charge is 0.478 e. The van der Waals surface area contributed by atoms with E-state index in [9.17, 15) is 14.0 Å². The molecule has 3 heterocycles. The van der Waals surface area contributed by atoms with Crippen LogP contribution in [0.3, 0.4) is 0 Å². The topological polar surface area (TPSA) is 86.2 Å². The highest BCUT2D eigenvalue weighted by molar-refractivity contribution is 5.92. The van der Waals surface area contributed by atoms with Gasteiger partial charge in [-0.2, -0.15) is 0 Å². The fourth-order valence-corrected chi connectivity index (χ4v) is 3.58. The molecule has 4 rings (SSSR count). The van der Waals surface area contributed by atoms with Crippen LogP contribution < -0.4 is 4.90 Å². The van der Waals surface area contributed by atoms with E-state index in [1.807, 2.05) is 0 Å². The van der Waals surface area contributed by atoms with Crippen molar-refractivity contribution in [1.29, 1.82) is 0 Å². The van der Waals surface area contributed by atoms with Crippen molar-refractivity contribution >= 4 is 17.7 Å². The molecule has 2 amide bonds. The third-order valence-electron chi connectivity index (χ3n) is 5.48. The third-order valence-corrected chi connectivity index (χ3v) is 5.48. The van der Waals surface area contributed by atoms with Crippen LogP contribution in [-0.2, 0) is 11.3 Å². The van der Waals surface area contributed by atoms with Crippen LogP contribution in [0.25, 0.3) is 0 Å². The van der Waals surface area contributed by atoms with Gasteiger partial charge in [-0.1, -0.05) is 0 Å². The van der Waals surface area contributed by atoms with Crippen LogP contribution in [0.5, 0.6) is 0 Å². The Balaban J connectivity index is 1.50. The molecule has 0 atom stereocenters. The van der Waals surface area contributed by atoms with Crippen molar-refractivity contribution in [2.75, 3.05) is 44.3 Å². The lowest BCUT2D eigenvalue weighted by Crippen LogP contribution is -2.59. The number of urea groups is 1. The maximum atomic E-state index is 13.4. The molecule has 0 radical (unpaired) electrons. The average molecular weight is 414 g/mol. The molecule has 1 N–H and O–H groups in total. The zero-order valence-corrected chi connectivity index (χ0v) is 16.4. The Labute approximate surface area is 173 Å². The number of hydrogen-bond donors (Lipinski definition) is 1. The molecule has 9 heteroatoms. The lowest BCUT2D eigenvalue weighted by atomic mass is 10.2. The summed E-state index contributed by atoms with van der Waals surface area (Å²) in [5, 5.41) is 9.04. The maximum absolute atomic E-state index is 13.4. The number of nitrogens with zero attached hydrogens (tertiary/aromatic N) is 4. The SMILES string of the molecule is O=C(O)c1ccc(CN(C(=O)N2CCN(C3COC3)CC2)c2ccc(F)cc2)nc1. The van der Waals surface area contributed by atoms with Crippen LogP contribution in [-0.4, -0.2) is 77.3 Å². The molecule has 2 saturated heterocycles. The molecule has 0 unspecified atom stereocenters. The molecule has 2 aliphatic heterocycles. The monoisotopic (exact) mass is 414 g/mol. The molecular formula is C21H23FN4O4. The van der Waals surface area contributed by atoms with Crippen LogP contribution in [0, 0.1) is 5.82 Å². The minimum absolute atomic E-state index is 0.0782. The number of hydrogen-bond acceptors (Lipinski definition) is 5. The first-order valence-corrected chi connectivity index (χ1v) is 9.83. The summed E-state index contributed by atoms with van der Waals surface area (Å²) >= 11 is 0. The number of halogens is 1. The summed E-state index contributed by atoms with van der Waals surface area (Å²) in [5.74, 6) is -1.44. The van der Waals surface area contributed by atoms with E-state index in [1.165, 1.54) is 24.4 Å². The van der Waals surface area contributed by atoms with E-state index >= 15 is 0 Å². The summed E-state index contributed by atoms with van der Waals surface area (Å²) in [6, 6.07) is 9.03. The lowest BCUT2D eigenvalue weighted by Gasteiger charge is -2.43. The first-order valence-electron chi connectivity index (χ1n) is 9.83. The van der Waals surface area contributed by atoms with Crippen molar-refractivity contribution in [3.05, 3.63) is 59.7 Å². The molecule has 0 spiro atoms. The van der Waals surface area contributed by atoms with Crippen molar-refractivity contribution in [3.63, 3.8) is 0 Å². The van der Waals surface area contributed by atoms with Crippen molar-refractivity contribution in [2.45, 2.75) is 12.6 Å². The summed E-state index contributed by atoms with van der Waals surface area (Å²) in [5.41, 5.74) is 1.18. The van der Waals surface area contributed by atoms with Crippen LogP contribution in [0.4, 0.5) is 14.9 Å². The number of amides is 2. The number of aromatic carboxylic acids is 1. The molecule has 8 nitrogen and oxygen atoms in total. The zero-order chi connectivity index (χ0) is 21.1. The Morgan fingerprint density at radius 3 is 2.33 bits per heavy atom. The highest BCUT2D eigenvalue weighted by Gasteiger charge is 2.32. The Hall–Kier alpha value is -3.04. The van der Waals surface area contributed by atoms with Gasteiger partial charge in [0.2, 0.25) is 0 Å². The fourth-order valence-electron chi connectivity index (χ4n) is 3.58. The molecule has 158 valence electrons. The first-order chi connectivity index (χ1) is 14.5. The van der Waals surface area contributed by atoms with E-state index in [-0.39, 0.29) is 24.0 Å². The molecule has 30 heavy (non-hydrogen) atoms. The van der Waals surface area contributed by atoms with Crippen LogP contribution in [0.15, 0.2) is 42.6 Å². The van der Waals surface area contributed by atoms with Gasteiger partial charge in [-0.3, -0.25) is 14.8 Å². The maximum Gasteiger partial charge on any atom is 0.337 e. The third kappa shape index (κ3) is 4.42. The number of carbonyl (C=O) groups excluding carboxylic acids is 1. The van der Waals surface area contributed by atoms with Crippen molar-refractivity contribution in [3.8, 4) is 0 Å². The summed E-state index contributed by atoms with van der Waals surface area (Å²) in [4.78, 5) is 34.2. The minimum Gasteiger partial charge on any atom is -0.478 e. The summed E-state index contributed by atoms with van der Waals surface area (Å²) in [7, 11) is 0. The molecule has 1 aromatic carbocycles. The van der Waals surface area contributed by atoms with Gasteiger partial charge in [0.15, 0.2) is 0 Å². The van der Waals surface area contributed by atoms with Gasteiger partial charge in [-0.05, 0) is 36.4 Å². The summed E-state index contributed by atoms with van der Waals surface area (Å²) in [6.07, 6.45) is 1.27.